The summed E-state index contributed by atoms with van der Waals surface area (Å²) >= 11 is 0. The van der Waals surface area contributed by atoms with E-state index in [1.165, 1.54) is 57.8 Å². The molecule has 0 spiro atoms. The minimum Gasteiger partial charge on any atom is -0.444 e. The minimum atomic E-state index is -0.433. The Morgan fingerprint density at radius 2 is 1.83 bits per heavy atom. The molecule has 1 rings (SSSR count). The number of unbranched alkanes of at least 4 members (excludes halogenated alkanes) is 3. The summed E-state index contributed by atoms with van der Waals surface area (Å²) in [5, 5.41) is 6.66. The normalized spacial score (nSPS) is 17.7. The minimum absolute atomic E-state index is 0.300. The summed E-state index contributed by atoms with van der Waals surface area (Å²) in [5.41, 5.74) is -0.433. The van der Waals surface area contributed by atoms with E-state index in [4.69, 9.17) is 4.74 Å². The van der Waals surface area contributed by atoms with E-state index in [2.05, 4.69) is 17.6 Å². The van der Waals surface area contributed by atoms with Gasteiger partial charge in [0.15, 0.2) is 0 Å². The highest BCUT2D eigenvalue weighted by Gasteiger charge is 2.24. The monoisotopic (exact) mass is 326 g/mol. The van der Waals surface area contributed by atoms with Crippen LogP contribution < -0.4 is 10.6 Å². The lowest BCUT2D eigenvalue weighted by Crippen LogP contribution is -2.47. The molecule has 0 aromatic heterocycles. The van der Waals surface area contributed by atoms with E-state index >= 15 is 0 Å². The second kappa shape index (κ2) is 10.9. The molecule has 0 radical (unpaired) electrons. The van der Waals surface area contributed by atoms with Crippen LogP contribution in [0, 0.1) is 5.92 Å². The first-order valence-corrected chi connectivity index (χ1v) is 9.62. The van der Waals surface area contributed by atoms with Gasteiger partial charge in [-0.15, -0.1) is 0 Å². The van der Waals surface area contributed by atoms with Crippen LogP contribution in [0.2, 0.25) is 0 Å². The van der Waals surface area contributed by atoms with Gasteiger partial charge in [0.2, 0.25) is 0 Å². The molecule has 4 heteroatoms. The maximum atomic E-state index is 11.9. The highest BCUT2D eigenvalue weighted by Crippen LogP contribution is 2.26. The second-order valence-corrected chi connectivity index (χ2v) is 7.90. The number of alkyl carbamates (subject to hydrolysis) is 1. The molecule has 1 aliphatic rings. The zero-order valence-corrected chi connectivity index (χ0v) is 15.7. The molecule has 23 heavy (non-hydrogen) atoms. The van der Waals surface area contributed by atoms with E-state index < -0.39 is 5.60 Å². The van der Waals surface area contributed by atoms with Gasteiger partial charge in [0.05, 0.1) is 0 Å². The summed E-state index contributed by atoms with van der Waals surface area (Å²) < 4.78 is 5.36. The fraction of sp³-hybridized carbons (Fsp3) is 0.947. The lowest BCUT2D eigenvalue weighted by molar-refractivity contribution is 0.0516. The lowest BCUT2D eigenvalue weighted by Gasteiger charge is -2.31. The smallest absolute Gasteiger partial charge is 0.407 e. The Kier molecular flexibility index (Phi) is 9.61. The maximum Gasteiger partial charge on any atom is 0.407 e. The Labute approximate surface area is 143 Å². The van der Waals surface area contributed by atoms with Gasteiger partial charge in [-0.25, -0.2) is 4.79 Å². The number of hydrogen-bond donors (Lipinski definition) is 2. The van der Waals surface area contributed by atoms with Gasteiger partial charge < -0.3 is 15.4 Å². The van der Waals surface area contributed by atoms with Crippen LogP contribution in [0.4, 0.5) is 4.79 Å². The van der Waals surface area contributed by atoms with Gasteiger partial charge in [-0.3, -0.25) is 0 Å². The number of hydrogen-bond acceptors (Lipinski definition) is 3. The van der Waals surface area contributed by atoms with Crippen molar-refractivity contribution >= 4 is 6.09 Å². The third-order valence-corrected chi connectivity index (χ3v) is 4.52. The van der Waals surface area contributed by atoms with E-state index in [-0.39, 0.29) is 6.09 Å². The fourth-order valence-corrected chi connectivity index (χ4v) is 3.29. The molecule has 1 amide bonds. The van der Waals surface area contributed by atoms with Crippen LogP contribution in [-0.4, -0.2) is 30.8 Å². The molecule has 1 atom stereocenters. The summed E-state index contributed by atoms with van der Waals surface area (Å²) in [6, 6.07) is 0.379. The van der Waals surface area contributed by atoms with Crippen LogP contribution in [0.3, 0.4) is 0 Å². The SMILES string of the molecule is CCCCCCNC(CNC(=O)OC(C)(C)C)C1CCCCC1. The molecular formula is C19H38N2O2. The van der Waals surface area contributed by atoms with Crippen molar-refractivity contribution in [1.82, 2.24) is 10.6 Å². The number of carbonyl (C=O) groups is 1. The van der Waals surface area contributed by atoms with Gasteiger partial charge in [-0.2, -0.15) is 0 Å². The largest absolute Gasteiger partial charge is 0.444 e. The van der Waals surface area contributed by atoms with E-state index in [1.807, 2.05) is 20.8 Å². The summed E-state index contributed by atoms with van der Waals surface area (Å²) in [5.74, 6) is 0.685. The molecule has 0 saturated heterocycles. The van der Waals surface area contributed by atoms with Gasteiger partial charge in [0.25, 0.3) is 0 Å². The molecule has 0 aromatic carbocycles. The molecule has 0 bridgehead atoms. The Morgan fingerprint density at radius 1 is 1.13 bits per heavy atom. The molecule has 0 aromatic rings. The number of rotatable bonds is 9. The molecule has 1 aliphatic carbocycles. The third kappa shape index (κ3) is 9.85. The molecular weight excluding hydrogens is 288 g/mol. The van der Waals surface area contributed by atoms with Crippen LogP contribution in [-0.2, 0) is 4.74 Å². The van der Waals surface area contributed by atoms with Crippen molar-refractivity contribution in [3.05, 3.63) is 0 Å². The molecule has 4 nitrogen and oxygen atoms in total. The average molecular weight is 327 g/mol. The van der Waals surface area contributed by atoms with Crippen LogP contribution in [0.1, 0.15) is 85.5 Å². The van der Waals surface area contributed by atoms with E-state index in [0.717, 1.165) is 6.54 Å². The van der Waals surface area contributed by atoms with Crippen LogP contribution in [0.25, 0.3) is 0 Å². The summed E-state index contributed by atoms with van der Waals surface area (Å²) in [6.45, 7) is 9.67. The molecule has 136 valence electrons. The number of nitrogens with one attached hydrogen (secondary N) is 2. The summed E-state index contributed by atoms with van der Waals surface area (Å²) in [7, 11) is 0. The fourth-order valence-electron chi connectivity index (χ4n) is 3.29. The molecule has 1 fully saturated rings. The highest BCUT2D eigenvalue weighted by atomic mass is 16.6. The Morgan fingerprint density at radius 3 is 2.43 bits per heavy atom. The molecule has 1 saturated carbocycles. The highest BCUT2D eigenvalue weighted by molar-refractivity contribution is 5.67. The Hall–Kier alpha value is -0.770. The van der Waals surface area contributed by atoms with E-state index in [1.54, 1.807) is 0 Å². The second-order valence-electron chi connectivity index (χ2n) is 7.90. The molecule has 0 heterocycles. The number of ether oxygens (including phenoxy) is 1. The first kappa shape index (κ1) is 20.3. The van der Waals surface area contributed by atoms with Gasteiger partial charge in [-0.1, -0.05) is 45.4 Å². The van der Waals surface area contributed by atoms with Gasteiger partial charge in [-0.05, 0) is 52.5 Å². The number of carbonyl (C=O) groups excluding carboxylic acids is 1. The van der Waals surface area contributed by atoms with Crippen molar-refractivity contribution in [3.8, 4) is 0 Å². The summed E-state index contributed by atoms with van der Waals surface area (Å²) in [6.07, 6.45) is 11.4. The quantitative estimate of drug-likeness (QED) is 0.607. The van der Waals surface area contributed by atoms with Crippen LogP contribution in [0.15, 0.2) is 0 Å². The van der Waals surface area contributed by atoms with Crippen molar-refractivity contribution in [1.29, 1.82) is 0 Å². The van der Waals surface area contributed by atoms with Crippen LogP contribution >= 0.6 is 0 Å². The number of amides is 1. The van der Waals surface area contributed by atoms with E-state index in [9.17, 15) is 4.79 Å². The van der Waals surface area contributed by atoms with Crippen LogP contribution in [0.5, 0.6) is 0 Å². The molecule has 2 N–H and O–H groups in total. The zero-order valence-electron chi connectivity index (χ0n) is 15.7. The van der Waals surface area contributed by atoms with Crippen molar-refractivity contribution in [3.63, 3.8) is 0 Å². The topological polar surface area (TPSA) is 50.4 Å². The first-order chi connectivity index (χ1) is 10.9. The van der Waals surface area contributed by atoms with Crippen molar-refractivity contribution in [2.45, 2.75) is 97.1 Å². The standard InChI is InChI=1S/C19H38N2O2/c1-5-6-7-11-14-20-17(16-12-9-8-10-13-16)15-21-18(22)23-19(2,3)4/h16-17,20H,5-15H2,1-4H3,(H,21,22). The zero-order chi connectivity index (χ0) is 17.1. The first-order valence-electron chi connectivity index (χ1n) is 9.62. The van der Waals surface area contributed by atoms with Crippen molar-refractivity contribution < 1.29 is 9.53 Å². The molecule has 0 aliphatic heterocycles. The Balaban J connectivity index is 2.38. The van der Waals surface area contributed by atoms with Gasteiger partial charge >= 0.3 is 6.09 Å². The Bertz CT molecular complexity index is 320. The maximum absolute atomic E-state index is 11.9. The summed E-state index contributed by atoms with van der Waals surface area (Å²) in [4.78, 5) is 11.9. The van der Waals surface area contributed by atoms with Gasteiger partial charge in [0.1, 0.15) is 5.60 Å². The average Bonchev–Trinajstić information content (AvgIpc) is 2.49. The van der Waals surface area contributed by atoms with E-state index in [0.29, 0.717) is 18.5 Å². The predicted octanol–water partition coefficient (Wildman–Crippen LogP) is 4.63. The van der Waals surface area contributed by atoms with Gasteiger partial charge in [0, 0.05) is 12.6 Å². The van der Waals surface area contributed by atoms with Crippen molar-refractivity contribution in [2.75, 3.05) is 13.1 Å². The molecule has 1 unspecified atom stereocenters. The predicted molar refractivity (Wildman–Crippen MR) is 96.7 cm³/mol. The third-order valence-electron chi connectivity index (χ3n) is 4.52. The lowest BCUT2D eigenvalue weighted by atomic mass is 9.83. The van der Waals surface area contributed by atoms with Crippen molar-refractivity contribution in [2.24, 2.45) is 5.92 Å².